The number of aliphatic carboxylic acids is 1. The van der Waals surface area contributed by atoms with Gasteiger partial charge >= 0.3 is 5.97 Å². The number of carbonyl (C=O) groups is 1. The van der Waals surface area contributed by atoms with Gasteiger partial charge in [0.1, 0.15) is 0 Å². The molecular weight excluding hydrogens is 216 g/mol. The summed E-state index contributed by atoms with van der Waals surface area (Å²) in [5.74, 6) is -0.0913. The lowest BCUT2D eigenvalue weighted by atomic mass is 10.1. The highest BCUT2D eigenvalue weighted by molar-refractivity contribution is 5.72. The fraction of sp³-hybridized carbons (Fsp3) is 0.500. The third-order valence-electron chi connectivity index (χ3n) is 1.82. The smallest absolute Gasteiger partial charge is 0.333 e. The summed E-state index contributed by atoms with van der Waals surface area (Å²) >= 11 is 0. The predicted octanol–water partition coefficient (Wildman–Crippen LogP) is 2.99. The van der Waals surface area contributed by atoms with Gasteiger partial charge in [0.2, 0.25) is 0 Å². The van der Waals surface area contributed by atoms with E-state index in [0.717, 1.165) is 11.5 Å². The van der Waals surface area contributed by atoms with E-state index in [0.29, 0.717) is 6.42 Å². The highest BCUT2D eigenvalue weighted by Crippen LogP contribution is 2.05. The van der Waals surface area contributed by atoms with Gasteiger partial charge in [-0.15, -0.1) is 0 Å². The standard InChI is InChI=1S/C10H12O3.C4H10/c1-13-9(10(11)12)7-8-5-3-2-4-6-8;1-4(2)3/h2-6,9H,7H2,1H3,(H,11,12);4H,1-3H3. The number of carboxylic acids is 1. The minimum atomic E-state index is -0.925. The van der Waals surface area contributed by atoms with Crippen LogP contribution >= 0.6 is 0 Å². The maximum absolute atomic E-state index is 10.6. The average Bonchev–Trinajstić information content (AvgIpc) is 2.26. The van der Waals surface area contributed by atoms with Gasteiger partial charge < -0.3 is 9.84 Å². The van der Waals surface area contributed by atoms with Gasteiger partial charge in [0.15, 0.2) is 6.10 Å². The van der Waals surface area contributed by atoms with Gasteiger partial charge in [-0.3, -0.25) is 0 Å². The molecule has 0 amide bonds. The van der Waals surface area contributed by atoms with Crippen LogP contribution in [0.25, 0.3) is 0 Å². The number of ether oxygens (including phenoxy) is 1. The van der Waals surface area contributed by atoms with Crippen LogP contribution in [-0.2, 0) is 16.0 Å². The number of hydrogen-bond acceptors (Lipinski definition) is 2. The van der Waals surface area contributed by atoms with E-state index in [1.807, 2.05) is 30.3 Å². The van der Waals surface area contributed by atoms with Crippen molar-refractivity contribution in [1.82, 2.24) is 0 Å². The molecule has 0 fully saturated rings. The molecule has 1 rings (SSSR count). The van der Waals surface area contributed by atoms with E-state index in [2.05, 4.69) is 20.8 Å². The van der Waals surface area contributed by atoms with Crippen LogP contribution in [0, 0.1) is 5.92 Å². The first kappa shape index (κ1) is 15.7. The van der Waals surface area contributed by atoms with Crippen molar-refractivity contribution in [2.75, 3.05) is 7.11 Å². The van der Waals surface area contributed by atoms with Crippen molar-refractivity contribution in [3.8, 4) is 0 Å². The van der Waals surface area contributed by atoms with Crippen LogP contribution in [0.1, 0.15) is 26.3 Å². The number of methoxy groups -OCH3 is 1. The summed E-state index contributed by atoms with van der Waals surface area (Å²) in [7, 11) is 1.40. The van der Waals surface area contributed by atoms with Crippen molar-refractivity contribution < 1.29 is 14.6 Å². The second-order valence-electron chi connectivity index (χ2n) is 4.48. The largest absolute Gasteiger partial charge is 0.479 e. The Bertz CT molecular complexity index is 304. The average molecular weight is 238 g/mol. The van der Waals surface area contributed by atoms with Gasteiger partial charge in [-0.05, 0) is 11.5 Å². The van der Waals surface area contributed by atoms with Crippen molar-refractivity contribution in [2.24, 2.45) is 5.92 Å². The zero-order valence-corrected chi connectivity index (χ0v) is 11.0. The Kier molecular flexibility index (Phi) is 8.07. The predicted molar refractivity (Wildman–Crippen MR) is 69.1 cm³/mol. The van der Waals surface area contributed by atoms with Gasteiger partial charge in [0, 0.05) is 13.5 Å². The van der Waals surface area contributed by atoms with E-state index in [1.165, 1.54) is 7.11 Å². The molecule has 17 heavy (non-hydrogen) atoms. The molecular formula is C14H22O3. The number of rotatable bonds is 4. The molecule has 1 unspecified atom stereocenters. The molecule has 1 aromatic rings. The topological polar surface area (TPSA) is 46.5 Å². The van der Waals surface area contributed by atoms with Crippen LogP contribution in [0.4, 0.5) is 0 Å². The van der Waals surface area contributed by atoms with Gasteiger partial charge in [-0.25, -0.2) is 4.79 Å². The minimum Gasteiger partial charge on any atom is -0.479 e. The fourth-order valence-electron chi connectivity index (χ4n) is 1.10. The van der Waals surface area contributed by atoms with Crippen LogP contribution in [0.15, 0.2) is 30.3 Å². The highest BCUT2D eigenvalue weighted by Gasteiger charge is 2.16. The van der Waals surface area contributed by atoms with Gasteiger partial charge in [0.05, 0.1) is 0 Å². The Morgan fingerprint density at radius 3 is 2.06 bits per heavy atom. The van der Waals surface area contributed by atoms with Crippen LogP contribution in [-0.4, -0.2) is 24.3 Å². The normalized spacial score (nSPS) is 11.6. The van der Waals surface area contributed by atoms with Crippen molar-refractivity contribution >= 4 is 5.97 Å². The fourth-order valence-corrected chi connectivity index (χ4v) is 1.10. The summed E-state index contributed by atoms with van der Waals surface area (Å²) in [6, 6.07) is 9.42. The Hall–Kier alpha value is -1.35. The van der Waals surface area contributed by atoms with E-state index in [1.54, 1.807) is 0 Å². The number of hydrogen-bond donors (Lipinski definition) is 1. The number of carboxylic acid groups (broad SMARTS) is 1. The lowest BCUT2D eigenvalue weighted by Crippen LogP contribution is -2.24. The molecule has 1 aromatic carbocycles. The molecule has 3 nitrogen and oxygen atoms in total. The van der Waals surface area contributed by atoms with Crippen molar-refractivity contribution in [1.29, 1.82) is 0 Å². The molecule has 0 aliphatic rings. The quantitative estimate of drug-likeness (QED) is 0.877. The third kappa shape index (κ3) is 8.46. The van der Waals surface area contributed by atoms with E-state index in [4.69, 9.17) is 9.84 Å². The van der Waals surface area contributed by atoms with Gasteiger partial charge in [-0.1, -0.05) is 51.1 Å². The monoisotopic (exact) mass is 238 g/mol. The Morgan fingerprint density at radius 2 is 1.71 bits per heavy atom. The van der Waals surface area contributed by atoms with Crippen LogP contribution in [0.2, 0.25) is 0 Å². The molecule has 0 bridgehead atoms. The first-order valence-corrected chi connectivity index (χ1v) is 5.76. The van der Waals surface area contributed by atoms with Crippen molar-refractivity contribution in [3.05, 3.63) is 35.9 Å². The first-order valence-electron chi connectivity index (χ1n) is 5.76. The van der Waals surface area contributed by atoms with Crippen LogP contribution in [0.3, 0.4) is 0 Å². The summed E-state index contributed by atoms with van der Waals surface area (Å²) in [5.41, 5.74) is 0.969. The SMILES string of the molecule is CC(C)C.COC(Cc1ccccc1)C(=O)O. The van der Waals surface area contributed by atoms with Crippen LogP contribution < -0.4 is 0 Å². The molecule has 0 aliphatic carbocycles. The Balaban J connectivity index is 0.000000557. The van der Waals surface area contributed by atoms with Crippen molar-refractivity contribution in [3.63, 3.8) is 0 Å². The van der Waals surface area contributed by atoms with E-state index >= 15 is 0 Å². The van der Waals surface area contributed by atoms with Crippen molar-refractivity contribution in [2.45, 2.75) is 33.3 Å². The highest BCUT2D eigenvalue weighted by atomic mass is 16.5. The summed E-state index contributed by atoms with van der Waals surface area (Å²) in [6.45, 7) is 6.50. The van der Waals surface area contributed by atoms with Crippen LogP contribution in [0.5, 0.6) is 0 Å². The molecule has 3 heteroatoms. The zero-order chi connectivity index (χ0) is 13.3. The second kappa shape index (κ2) is 8.76. The number of benzene rings is 1. The maximum Gasteiger partial charge on any atom is 0.333 e. The molecule has 1 N–H and O–H groups in total. The third-order valence-corrected chi connectivity index (χ3v) is 1.82. The van der Waals surface area contributed by atoms with E-state index in [-0.39, 0.29) is 0 Å². The second-order valence-corrected chi connectivity index (χ2v) is 4.48. The first-order chi connectivity index (χ1) is 7.97. The summed E-state index contributed by atoms with van der Waals surface area (Å²) < 4.78 is 4.82. The van der Waals surface area contributed by atoms with E-state index in [9.17, 15) is 4.79 Å². The molecule has 0 saturated heterocycles. The lowest BCUT2D eigenvalue weighted by molar-refractivity contribution is -0.148. The molecule has 0 aromatic heterocycles. The molecule has 96 valence electrons. The maximum atomic E-state index is 10.6. The molecule has 0 heterocycles. The van der Waals surface area contributed by atoms with Gasteiger partial charge in [0.25, 0.3) is 0 Å². The Labute approximate surface area is 103 Å². The van der Waals surface area contributed by atoms with Gasteiger partial charge in [-0.2, -0.15) is 0 Å². The summed E-state index contributed by atoms with van der Waals surface area (Å²) in [5, 5.41) is 8.71. The molecule has 0 aliphatic heterocycles. The zero-order valence-electron chi connectivity index (χ0n) is 11.0. The lowest BCUT2D eigenvalue weighted by Gasteiger charge is -2.09. The molecule has 0 radical (unpaired) electrons. The molecule has 0 spiro atoms. The van der Waals surface area contributed by atoms with E-state index < -0.39 is 12.1 Å². The minimum absolute atomic E-state index is 0.409. The molecule has 1 atom stereocenters. The Morgan fingerprint density at radius 1 is 1.24 bits per heavy atom. The molecule has 0 saturated carbocycles. The summed E-state index contributed by atoms with van der Waals surface area (Å²) in [4.78, 5) is 10.6. The summed E-state index contributed by atoms with van der Waals surface area (Å²) in [6.07, 6.45) is -0.338.